The zero-order valence-electron chi connectivity index (χ0n) is 8.89. The van der Waals surface area contributed by atoms with E-state index in [4.69, 9.17) is 16.2 Å². The summed E-state index contributed by atoms with van der Waals surface area (Å²) in [6.07, 6.45) is 7.12. The van der Waals surface area contributed by atoms with Crippen LogP contribution in [0.4, 0.5) is 11.4 Å². The van der Waals surface area contributed by atoms with E-state index in [0.717, 1.165) is 11.3 Å². The average molecular weight is 217 g/mol. The lowest BCUT2D eigenvalue weighted by Gasteiger charge is -2.19. The Kier molecular flexibility index (Phi) is 3.12. The van der Waals surface area contributed by atoms with Gasteiger partial charge in [-0.3, -0.25) is 0 Å². The fourth-order valence-corrected chi connectivity index (χ4v) is 1.48. The van der Waals surface area contributed by atoms with Gasteiger partial charge in [-0.2, -0.15) is 0 Å². The van der Waals surface area contributed by atoms with Gasteiger partial charge in [0.15, 0.2) is 6.23 Å². The molecule has 0 saturated heterocycles. The lowest BCUT2D eigenvalue weighted by atomic mass is 10.1. The van der Waals surface area contributed by atoms with Gasteiger partial charge < -0.3 is 21.5 Å². The number of allylic oxidation sites excluding steroid dienone is 2. The van der Waals surface area contributed by atoms with Crippen LogP contribution in [0.25, 0.3) is 0 Å². The molecule has 1 unspecified atom stereocenters. The molecule has 1 aliphatic heterocycles. The summed E-state index contributed by atoms with van der Waals surface area (Å²) >= 11 is 0. The highest BCUT2D eigenvalue weighted by atomic mass is 16.5. The van der Waals surface area contributed by atoms with Gasteiger partial charge in [-0.25, -0.2) is 0 Å². The molecule has 1 heterocycles. The van der Waals surface area contributed by atoms with Crippen LogP contribution in [0.1, 0.15) is 5.56 Å². The fourth-order valence-electron chi connectivity index (χ4n) is 1.48. The van der Waals surface area contributed by atoms with Crippen molar-refractivity contribution in [1.82, 2.24) is 0 Å². The monoisotopic (exact) mass is 217 g/mol. The maximum absolute atomic E-state index is 5.86. The van der Waals surface area contributed by atoms with Gasteiger partial charge in [0.2, 0.25) is 0 Å². The predicted molar refractivity (Wildman–Crippen MR) is 65.5 cm³/mol. The number of ether oxygens (including phenoxy) is 1. The van der Waals surface area contributed by atoms with E-state index in [-0.39, 0.29) is 6.23 Å². The fraction of sp³-hybridized carbons (Fsp3) is 0.167. The van der Waals surface area contributed by atoms with Crippen molar-refractivity contribution in [2.45, 2.75) is 12.8 Å². The van der Waals surface area contributed by atoms with Gasteiger partial charge in [-0.15, -0.1) is 0 Å². The van der Waals surface area contributed by atoms with E-state index in [1.165, 1.54) is 0 Å². The molecular weight excluding hydrogens is 202 g/mol. The molecule has 1 atom stereocenters. The van der Waals surface area contributed by atoms with E-state index < -0.39 is 0 Å². The summed E-state index contributed by atoms with van der Waals surface area (Å²) in [5.74, 6) is 0. The number of benzene rings is 1. The molecule has 0 amide bonds. The molecule has 4 heteroatoms. The summed E-state index contributed by atoms with van der Waals surface area (Å²) in [4.78, 5) is 0. The van der Waals surface area contributed by atoms with Crippen LogP contribution in [0.3, 0.4) is 0 Å². The Morgan fingerprint density at radius 2 is 2.19 bits per heavy atom. The Morgan fingerprint density at radius 3 is 2.88 bits per heavy atom. The Balaban J connectivity index is 2.13. The van der Waals surface area contributed by atoms with Crippen LogP contribution in [0.2, 0.25) is 0 Å². The van der Waals surface area contributed by atoms with Crippen molar-refractivity contribution in [3.05, 3.63) is 48.3 Å². The van der Waals surface area contributed by atoms with Crippen molar-refractivity contribution in [3.63, 3.8) is 0 Å². The van der Waals surface area contributed by atoms with Gasteiger partial charge in [0.25, 0.3) is 0 Å². The van der Waals surface area contributed by atoms with E-state index in [9.17, 15) is 0 Å². The van der Waals surface area contributed by atoms with Crippen molar-refractivity contribution in [2.75, 3.05) is 11.1 Å². The molecule has 2 rings (SSSR count). The van der Waals surface area contributed by atoms with Crippen LogP contribution in [0, 0.1) is 0 Å². The van der Waals surface area contributed by atoms with Crippen LogP contribution in [0.5, 0.6) is 0 Å². The number of hydrogen-bond donors (Lipinski definition) is 3. The molecule has 1 aliphatic rings. The number of rotatable bonds is 3. The lowest BCUT2D eigenvalue weighted by Crippen LogP contribution is -2.20. The lowest BCUT2D eigenvalue weighted by molar-refractivity contribution is 0.208. The number of hydrogen-bond acceptors (Lipinski definition) is 4. The molecule has 16 heavy (non-hydrogen) atoms. The second-order valence-electron chi connectivity index (χ2n) is 3.54. The molecule has 84 valence electrons. The minimum Gasteiger partial charge on any atom is -0.475 e. The third-order valence-electron chi connectivity index (χ3n) is 2.35. The zero-order chi connectivity index (χ0) is 11.4. The molecule has 0 saturated carbocycles. The minimum atomic E-state index is -0.180. The molecule has 0 aliphatic carbocycles. The standard InChI is InChI=1S/C12H15N3O/c13-8-9-4-5-10(14)11(7-9)15-12-3-1-2-6-16-12/h1-7,12,15H,8,13-14H2. The van der Waals surface area contributed by atoms with E-state index in [2.05, 4.69) is 5.32 Å². The topological polar surface area (TPSA) is 73.3 Å². The zero-order valence-corrected chi connectivity index (χ0v) is 8.89. The van der Waals surface area contributed by atoms with Crippen LogP contribution in [-0.4, -0.2) is 6.23 Å². The van der Waals surface area contributed by atoms with Gasteiger partial charge >= 0.3 is 0 Å². The van der Waals surface area contributed by atoms with Crippen molar-refractivity contribution in [1.29, 1.82) is 0 Å². The van der Waals surface area contributed by atoms with Crippen LogP contribution < -0.4 is 16.8 Å². The highest BCUT2D eigenvalue weighted by Crippen LogP contribution is 2.21. The minimum absolute atomic E-state index is 0.180. The Hall–Kier alpha value is -1.94. The second kappa shape index (κ2) is 4.72. The molecule has 0 aromatic heterocycles. The predicted octanol–water partition coefficient (Wildman–Crippen LogP) is 1.57. The quantitative estimate of drug-likeness (QED) is 0.672. The second-order valence-corrected chi connectivity index (χ2v) is 3.54. The molecule has 5 N–H and O–H groups in total. The molecule has 0 bridgehead atoms. The van der Waals surface area contributed by atoms with Gasteiger partial charge in [-0.1, -0.05) is 12.1 Å². The summed E-state index contributed by atoms with van der Waals surface area (Å²) in [7, 11) is 0. The summed E-state index contributed by atoms with van der Waals surface area (Å²) in [6, 6.07) is 5.69. The number of nitrogens with one attached hydrogen (secondary N) is 1. The molecule has 0 fully saturated rings. The smallest absolute Gasteiger partial charge is 0.188 e. The molecular formula is C12H15N3O. The van der Waals surface area contributed by atoms with Gasteiger partial charge in [0.1, 0.15) is 0 Å². The highest BCUT2D eigenvalue weighted by molar-refractivity contribution is 5.67. The summed E-state index contributed by atoms with van der Waals surface area (Å²) < 4.78 is 5.35. The molecule has 1 aromatic carbocycles. The van der Waals surface area contributed by atoms with Crippen molar-refractivity contribution < 1.29 is 4.74 Å². The first-order chi connectivity index (χ1) is 7.79. The van der Waals surface area contributed by atoms with Gasteiger partial charge in [-0.05, 0) is 29.8 Å². The first kappa shape index (κ1) is 10.6. The largest absolute Gasteiger partial charge is 0.475 e. The van der Waals surface area contributed by atoms with Crippen molar-refractivity contribution in [3.8, 4) is 0 Å². The molecule has 0 spiro atoms. The van der Waals surface area contributed by atoms with Crippen LogP contribution >= 0.6 is 0 Å². The number of nitrogens with two attached hydrogens (primary N) is 2. The number of nitrogen functional groups attached to an aromatic ring is 1. The third-order valence-corrected chi connectivity index (χ3v) is 2.35. The number of anilines is 2. The first-order valence-electron chi connectivity index (χ1n) is 5.13. The van der Waals surface area contributed by atoms with Gasteiger partial charge in [0, 0.05) is 6.54 Å². The molecule has 1 aromatic rings. The first-order valence-corrected chi connectivity index (χ1v) is 5.13. The Morgan fingerprint density at radius 1 is 1.31 bits per heavy atom. The Bertz CT molecular complexity index is 426. The van der Waals surface area contributed by atoms with E-state index >= 15 is 0 Å². The van der Waals surface area contributed by atoms with E-state index in [0.29, 0.717) is 12.2 Å². The van der Waals surface area contributed by atoms with Crippen LogP contribution in [-0.2, 0) is 11.3 Å². The van der Waals surface area contributed by atoms with Crippen molar-refractivity contribution >= 4 is 11.4 Å². The van der Waals surface area contributed by atoms with Crippen molar-refractivity contribution in [2.24, 2.45) is 5.73 Å². The molecule has 4 nitrogen and oxygen atoms in total. The van der Waals surface area contributed by atoms with E-state index in [1.54, 1.807) is 6.26 Å². The van der Waals surface area contributed by atoms with E-state index in [1.807, 2.05) is 36.4 Å². The Labute approximate surface area is 94.6 Å². The SMILES string of the molecule is NCc1ccc(N)c(NC2C=CC=CO2)c1. The average Bonchev–Trinajstić information content (AvgIpc) is 2.33. The maximum atomic E-state index is 5.86. The maximum Gasteiger partial charge on any atom is 0.188 e. The highest BCUT2D eigenvalue weighted by Gasteiger charge is 2.08. The molecule has 0 radical (unpaired) electrons. The third kappa shape index (κ3) is 2.35. The summed E-state index contributed by atoms with van der Waals surface area (Å²) in [5, 5.41) is 3.18. The normalized spacial score (nSPS) is 18.2. The van der Waals surface area contributed by atoms with Gasteiger partial charge in [0.05, 0.1) is 17.6 Å². The summed E-state index contributed by atoms with van der Waals surface area (Å²) in [6.45, 7) is 0.496. The summed E-state index contributed by atoms with van der Waals surface area (Å²) in [5.41, 5.74) is 14.0. The van der Waals surface area contributed by atoms with Crippen LogP contribution in [0.15, 0.2) is 42.7 Å².